The van der Waals surface area contributed by atoms with Gasteiger partial charge in [-0.1, -0.05) is 43.7 Å². The van der Waals surface area contributed by atoms with Crippen LogP contribution in [-0.2, 0) is 0 Å². The van der Waals surface area contributed by atoms with Gasteiger partial charge in [-0.25, -0.2) is 0 Å². The quantitative estimate of drug-likeness (QED) is 0.543. The molecule has 1 aromatic carbocycles. The van der Waals surface area contributed by atoms with Crippen LogP contribution in [0, 0.1) is 12.8 Å². The summed E-state index contributed by atoms with van der Waals surface area (Å²) in [6, 6.07) is 7.79. The van der Waals surface area contributed by atoms with Gasteiger partial charge in [-0.2, -0.15) is 0 Å². The fourth-order valence-corrected chi connectivity index (χ4v) is 1.71. The van der Waals surface area contributed by atoms with Crippen molar-refractivity contribution in [3.05, 3.63) is 35.4 Å². The molecule has 106 valence electrons. The second-order valence-corrected chi connectivity index (χ2v) is 5.27. The molecule has 0 radical (unpaired) electrons. The molecule has 0 heterocycles. The van der Waals surface area contributed by atoms with Crippen LogP contribution in [0.15, 0.2) is 29.3 Å². The van der Waals surface area contributed by atoms with E-state index >= 15 is 0 Å². The molecule has 4 nitrogen and oxygen atoms in total. The number of aryl methyl sites for hydroxylation is 1. The normalized spacial score (nSPS) is 13.6. The number of hydrogen-bond donors (Lipinski definition) is 3. The zero-order chi connectivity index (χ0) is 14.3. The van der Waals surface area contributed by atoms with Gasteiger partial charge in [-0.05, 0) is 24.8 Å². The first-order valence-corrected chi connectivity index (χ1v) is 6.77. The summed E-state index contributed by atoms with van der Waals surface area (Å²) in [5.41, 5.74) is 7.75. The topological polar surface area (TPSA) is 70.6 Å². The molecule has 0 aliphatic heterocycles. The highest BCUT2D eigenvalue weighted by Gasteiger charge is 2.06. The Bertz CT molecular complexity index is 416. The Hall–Kier alpha value is -1.55. The van der Waals surface area contributed by atoms with Gasteiger partial charge in [0.15, 0.2) is 5.96 Å². The Labute approximate surface area is 115 Å². The van der Waals surface area contributed by atoms with Gasteiger partial charge < -0.3 is 16.2 Å². The molecule has 4 N–H and O–H groups in total. The number of aliphatic hydroxyl groups is 1. The van der Waals surface area contributed by atoms with E-state index in [1.54, 1.807) is 0 Å². The molecule has 0 aliphatic rings. The lowest BCUT2D eigenvalue weighted by Gasteiger charge is -2.11. The molecule has 0 saturated carbocycles. The van der Waals surface area contributed by atoms with Crippen LogP contribution in [0.1, 0.15) is 37.5 Å². The first-order chi connectivity index (χ1) is 8.99. The van der Waals surface area contributed by atoms with Crippen molar-refractivity contribution >= 4 is 5.96 Å². The third-order valence-corrected chi connectivity index (χ3v) is 2.89. The lowest BCUT2D eigenvalue weighted by molar-refractivity contribution is 0.187. The van der Waals surface area contributed by atoms with Crippen molar-refractivity contribution in [1.82, 2.24) is 5.32 Å². The molecule has 0 spiro atoms. The summed E-state index contributed by atoms with van der Waals surface area (Å²) < 4.78 is 0. The van der Waals surface area contributed by atoms with Crippen LogP contribution in [0.5, 0.6) is 0 Å². The van der Waals surface area contributed by atoms with E-state index in [1.807, 2.05) is 31.2 Å². The number of guanidine groups is 1. The van der Waals surface area contributed by atoms with Crippen molar-refractivity contribution in [2.24, 2.45) is 16.6 Å². The SMILES string of the molecule is Cc1cccc(C(O)CN=C(N)NCCC(C)C)c1. The van der Waals surface area contributed by atoms with Crippen LogP contribution >= 0.6 is 0 Å². The van der Waals surface area contributed by atoms with Crippen LogP contribution in [-0.4, -0.2) is 24.2 Å². The third-order valence-electron chi connectivity index (χ3n) is 2.89. The van der Waals surface area contributed by atoms with Crippen LogP contribution in [0.3, 0.4) is 0 Å². The van der Waals surface area contributed by atoms with E-state index in [1.165, 1.54) is 0 Å². The fourth-order valence-electron chi connectivity index (χ4n) is 1.71. The Morgan fingerprint density at radius 3 is 2.79 bits per heavy atom. The maximum absolute atomic E-state index is 10.0. The van der Waals surface area contributed by atoms with E-state index in [9.17, 15) is 5.11 Å². The summed E-state index contributed by atoms with van der Waals surface area (Å²) in [5.74, 6) is 1.03. The van der Waals surface area contributed by atoms with Crippen molar-refractivity contribution in [3.8, 4) is 0 Å². The summed E-state index contributed by atoms with van der Waals surface area (Å²) in [6.07, 6.45) is 0.446. The van der Waals surface area contributed by atoms with E-state index < -0.39 is 6.10 Å². The Morgan fingerprint density at radius 2 is 2.16 bits per heavy atom. The number of nitrogens with zero attached hydrogens (tertiary/aromatic N) is 1. The zero-order valence-corrected chi connectivity index (χ0v) is 12.1. The number of nitrogens with one attached hydrogen (secondary N) is 1. The lowest BCUT2D eigenvalue weighted by Crippen LogP contribution is -2.33. The molecular formula is C15H25N3O. The van der Waals surface area contributed by atoms with Crippen LogP contribution in [0.2, 0.25) is 0 Å². The third kappa shape index (κ3) is 6.25. The van der Waals surface area contributed by atoms with Gasteiger partial charge in [0.2, 0.25) is 0 Å². The summed E-state index contributed by atoms with van der Waals surface area (Å²) in [7, 11) is 0. The van der Waals surface area contributed by atoms with E-state index in [2.05, 4.69) is 24.2 Å². The molecule has 0 aliphatic carbocycles. The van der Waals surface area contributed by atoms with Gasteiger partial charge in [0.25, 0.3) is 0 Å². The molecule has 19 heavy (non-hydrogen) atoms. The summed E-state index contributed by atoms with van der Waals surface area (Å²) in [6.45, 7) is 7.42. The number of aliphatic hydroxyl groups excluding tert-OH is 1. The second-order valence-electron chi connectivity index (χ2n) is 5.27. The van der Waals surface area contributed by atoms with Gasteiger partial charge in [-0.15, -0.1) is 0 Å². The van der Waals surface area contributed by atoms with Gasteiger partial charge >= 0.3 is 0 Å². The van der Waals surface area contributed by atoms with Crippen molar-refractivity contribution in [2.45, 2.75) is 33.3 Å². The van der Waals surface area contributed by atoms with Crippen LogP contribution in [0.25, 0.3) is 0 Å². The first-order valence-electron chi connectivity index (χ1n) is 6.77. The van der Waals surface area contributed by atoms with Gasteiger partial charge in [0.05, 0.1) is 12.6 Å². The molecule has 1 rings (SSSR count). The number of rotatable bonds is 6. The highest BCUT2D eigenvalue weighted by molar-refractivity contribution is 5.77. The average Bonchev–Trinajstić information content (AvgIpc) is 2.35. The summed E-state index contributed by atoms with van der Waals surface area (Å²) in [4.78, 5) is 4.16. The minimum atomic E-state index is -0.606. The molecule has 0 fully saturated rings. The Balaban J connectivity index is 2.42. The molecule has 1 unspecified atom stereocenters. The molecule has 0 saturated heterocycles. The monoisotopic (exact) mass is 263 g/mol. The largest absolute Gasteiger partial charge is 0.386 e. The van der Waals surface area contributed by atoms with E-state index in [0.717, 1.165) is 24.1 Å². The van der Waals surface area contributed by atoms with Gasteiger partial charge in [0, 0.05) is 6.54 Å². The Morgan fingerprint density at radius 1 is 1.42 bits per heavy atom. The summed E-state index contributed by atoms with van der Waals surface area (Å²) >= 11 is 0. The number of nitrogens with two attached hydrogens (primary N) is 1. The Kier molecular flexibility index (Phi) is 6.36. The maximum atomic E-state index is 10.0. The number of benzene rings is 1. The molecule has 4 heteroatoms. The summed E-state index contributed by atoms with van der Waals surface area (Å²) in [5, 5.41) is 13.1. The highest BCUT2D eigenvalue weighted by Crippen LogP contribution is 2.14. The predicted octanol–water partition coefficient (Wildman–Crippen LogP) is 1.98. The first kappa shape index (κ1) is 15.5. The van der Waals surface area contributed by atoms with E-state index in [-0.39, 0.29) is 6.54 Å². The minimum Gasteiger partial charge on any atom is -0.386 e. The van der Waals surface area contributed by atoms with E-state index in [0.29, 0.717) is 11.9 Å². The number of hydrogen-bond acceptors (Lipinski definition) is 2. The van der Waals surface area contributed by atoms with Crippen molar-refractivity contribution in [3.63, 3.8) is 0 Å². The minimum absolute atomic E-state index is 0.282. The molecular weight excluding hydrogens is 238 g/mol. The van der Waals surface area contributed by atoms with Crippen LogP contribution < -0.4 is 11.1 Å². The average molecular weight is 263 g/mol. The van der Waals surface area contributed by atoms with Crippen LogP contribution in [0.4, 0.5) is 0 Å². The molecule has 1 atom stereocenters. The van der Waals surface area contributed by atoms with Gasteiger partial charge in [-0.3, -0.25) is 4.99 Å². The van der Waals surface area contributed by atoms with Crippen molar-refractivity contribution in [1.29, 1.82) is 0 Å². The van der Waals surface area contributed by atoms with Crippen molar-refractivity contribution < 1.29 is 5.11 Å². The molecule has 1 aromatic rings. The van der Waals surface area contributed by atoms with E-state index in [4.69, 9.17) is 5.73 Å². The predicted molar refractivity (Wildman–Crippen MR) is 80.1 cm³/mol. The lowest BCUT2D eigenvalue weighted by atomic mass is 10.1. The molecule has 0 aromatic heterocycles. The smallest absolute Gasteiger partial charge is 0.188 e. The van der Waals surface area contributed by atoms with Crippen molar-refractivity contribution in [2.75, 3.05) is 13.1 Å². The molecule has 0 amide bonds. The zero-order valence-electron chi connectivity index (χ0n) is 12.1. The number of aliphatic imine (C=N–C) groups is 1. The fraction of sp³-hybridized carbons (Fsp3) is 0.533. The second kappa shape index (κ2) is 7.79. The standard InChI is InChI=1S/C15H25N3O/c1-11(2)7-8-17-15(16)18-10-14(19)13-6-4-5-12(3)9-13/h4-6,9,11,14,19H,7-8,10H2,1-3H3,(H3,16,17,18). The highest BCUT2D eigenvalue weighted by atomic mass is 16.3. The molecule has 0 bridgehead atoms. The maximum Gasteiger partial charge on any atom is 0.188 e. The van der Waals surface area contributed by atoms with Gasteiger partial charge in [0.1, 0.15) is 0 Å².